The number of anilines is 1. The highest BCUT2D eigenvalue weighted by atomic mass is 19.4. The van der Waals surface area contributed by atoms with E-state index in [1.807, 2.05) is 0 Å². The molecular weight excluding hydrogens is 261 g/mol. The zero-order valence-corrected chi connectivity index (χ0v) is 10.6. The summed E-state index contributed by atoms with van der Waals surface area (Å²) in [4.78, 5) is 11.3. The molecule has 0 saturated carbocycles. The van der Waals surface area contributed by atoms with Gasteiger partial charge in [0.25, 0.3) is 0 Å². The van der Waals surface area contributed by atoms with Crippen LogP contribution < -0.4 is 15.4 Å². The highest BCUT2D eigenvalue weighted by molar-refractivity contribution is 5.92. The van der Waals surface area contributed by atoms with E-state index < -0.39 is 12.8 Å². The normalized spacial score (nSPS) is 11.2. The second kappa shape index (κ2) is 6.42. The van der Waals surface area contributed by atoms with E-state index in [1.165, 1.54) is 12.1 Å². The number of hydrogen-bond acceptors (Lipinski definition) is 3. The Hall–Kier alpha value is -1.76. The minimum absolute atomic E-state index is 0.143. The summed E-state index contributed by atoms with van der Waals surface area (Å²) in [7, 11) is 1.64. The van der Waals surface area contributed by atoms with Gasteiger partial charge in [-0.05, 0) is 37.7 Å². The first kappa shape index (κ1) is 15.3. The van der Waals surface area contributed by atoms with Gasteiger partial charge in [0.05, 0.1) is 6.54 Å². The van der Waals surface area contributed by atoms with Gasteiger partial charge in [-0.1, -0.05) is 0 Å². The summed E-state index contributed by atoms with van der Waals surface area (Å²) >= 11 is 0. The number of rotatable bonds is 5. The number of halogens is 3. The van der Waals surface area contributed by atoms with Crippen LogP contribution in [0.15, 0.2) is 18.2 Å². The van der Waals surface area contributed by atoms with E-state index in [2.05, 4.69) is 15.4 Å². The molecule has 0 unspecified atom stereocenters. The summed E-state index contributed by atoms with van der Waals surface area (Å²) in [5.41, 5.74) is 1.03. The van der Waals surface area contributed by atoms with Crippen molar-refractivity contribution in [2.45, 2.75) is 13.1 Å². The van der Waals surface area contributed by atoms with Gasteiger partial charge in [0, 0.05) is 5.69 Å². The highest BCUT2D eigenvalue weighted by Crippen LogP contribution is 2.24. The number of aryl methyl sites for hydroxylation is 1. The third-order valence-electron chi connectivity index (χ3n) is 2.19. The molecule has 0 aliphatic rings. The minimum Gasteiger partial charge on any atom is -0.484 e. The number of alkyl halides is 3. The number of benzene rings is 1. The first-order valence-electron chi connectivity index (χ1n) is 5.56. The monoisotopic (exact) mass is 276 g/mol. The van der Waals surface area contributed by atoms with Gasteiger partial charge in [-0.2, -0.15) is 13.2 Å². The van der Waals surface area contributed by atoms with Crippen LogP contribution in [0.2, 0.25) is 0 Å². The molecule has 106 valence electrons. The van der Waals surface area contributed by atoms with Crippen molar-refractivity contribution in [3.05, 3.63) is 23.8 Å². The van der Waals surface area contributed by atoms with Crippen LogP contribution in [0.4, 0.5) is 18.9 Å². The molecular formula is C12H15F3N2O2. The van der Waals surface area contributed by atoms with Gasteiger partial charge in [0.15, 0.2) is 6.61 Å². The van der Waals surface area contributed by atoms with Crippen LogP contribution in [0.1, 0.15) is 5.56 Å². The molecule has 1 amide bonds. The van der Waals surface area contributed by atoms with Gasteiger partial charge in [-0.25, -0.2) is 0 Å². The van der Waals surface area contributed by atoms with Gasteiger partial charge >= 0.3 is 6.18 Å². The molecule has 0 spiro atoms. The van der Waals surface area contributed by atoms with Gasteiger partial charge in [0.1, 0.15) is 5.75 Å². The Balaban J connectivity index is 2.66. The molecule has 19 heavy (non-hydrogen) atoms. The van der Waals surface area contributed by atoms with E-state index in [0.29, 0.717) is 11.3 Å². The second-order valence-electron chi connectivity index (χ2n) is 3.96. The summed E-state index contributed by atoms with van der Waals surface area (Å²) < 4.78 is 40.7. The predicted molar refractivity (Wildman–Crippen MR) is 65.3 cm³/mol. The predicted octanol–water partition coefficient (Wildman–Crippen LogP) is 2.09. The molecule has 0 bridgehead atoms. The van der Waals surface area contributed by atoms with Crippen LogP contribution in [-0.2, 0) is 4.79 Å². The third-order valence-corrected chi connectivity index (χ3v) is 2.19. The molecule has 2 N–H and O–H groups in total. The molecule has 0 atom stereocenters. The van der Waals surface area contributed by atoms with Crippen molar-refractivity contribution in [3.8, 4) is 5.75 Å². The Morgan fingerprint density at radius 2 is 2.05 bits per heavy atom. The molecule has 4 nitrogen and oxygen atoms in total. The number of nitrogens with one attached hydrogen (secondary N) is 2. The van der Waals surface area contributed by atoms with E-state index >= 15 is 0 Å². The molecule has 0 fully saturated rings. The maximum Gasteiger partial charge on any atom is 0.422 e. The maximum absolute atomic E-state index is 12.0. The van der Waals surface area contributed by atoms with Crippen molar-refractivity contribution in [1.29, 1.82) is 0 Å². The number of ether oxygens (including phenoxy) is 1. The lowest BCUT2D eigenvalue weighted by Gasteiger charge is -2.12. The van der Waals surface area contributed by atoms with Crippen molar-refractivity contribution < 1.29 is 22.7 Å². The number of carbonyl (C=O) groups is 1. The van der Waals surface area contributed by atoms with Crippen LogP contribution in [0.5, 0.6) is 5.75 Å². The van der Waals surface area contributed by atoms with Crippen LogP contribution in [0.3, 0.4) is 0 Å². The summed E-state index contributed by atoms with van der Waals surface area (Å²) in [5.74, 6) is -0.0881. The third kappa shape index (κ3) is 5.60. The first-order valence-corrected chi connectivity index (χ1v) is 5.56. The van der Waals surface area contributed by atoms with Crippen LogP contribution >= 0.6 is 0 Å². The fourth-order valence-corrected chi connectivity index (χ4v) is 1.41. The molecule has 0 heterocycles. The standard InChI is InChI=1S/C12H15F3N2O2/c1-8-5-9(17-11(18)6-16-2)3-4-10(8)19-7-12(13,14)15/h3-5,16H,6-7H2,1-2H3,(H,17,18). The van der Waals surface area contributed by atoms with Crippen molar-refractivity contribution in [2.75, 3.05) is 25.5 Å². The second-order valence-corrected chi connectivity index (χ2v) is 3.96. The van der Waals surface area contributed by atoms with Crippen LogP contribution in [0, 0.1) is 6.92 Å². The molecule has 0 saturated heterocycles. The fraction of sp³-hybridized carbons (Fsp3) is 0.417. The average molecular weight is 276 g/mol. The summed E-state index contributed by atoms with van der Waals surface area (Å²) in [6.07, 6.45) is -4.37. The van der Waals surface area contributed by atoms with E-state index in [9.17, 15) is 18.0 Å². The van der Waals surface area contributed by atoms with Gasteiger partial charge in [0.2, 0.25) is 5.91 Å². The Morgan fingerprint density at radius 1 is 1.37 bits per heavy atom. The number of carbonyl (C=O) groups excluding carboxylic acids is 1. The number of hydrogen-bond donors (Lipinski definition) is 2. The lowest BCUT2D eigenvalue weighted by atomic mass is 10.2. The summed E-state index contributed by atoms with van der Waals surface area (Å²) in [6, 6.07) is 4.45. The molecule has 1 aromatic rings. The maximum atomic E-state index is 12.0. The highest BCUT2D eigenvalue weighted by Gasteiger charge is 2.28. The molecule has 1 aromatic carbocycles. The van der Waals surface area contributed by atoms with Gasteiger partial charge in [-0.3, -0.25) is 4.79 Å². The Labute approximate surface area is 108 Å². The molecule has 0 aromatic heterocycles. The number of amides is 1. The average Bonchev–Trinajstić information content (AvgIpc) is 2.26. The van der Waals surface area contributed by atoms with Crippen LogP contribution in [-0.4, -0.2) is 32.3 Å². The van der Waals surface area contributed by atoms with E-state index in [0.717, 1.165) is 0 Å². The van der Waals surface area contributed by atoms with Crippen LogP contribution in [0.25, 0.3) is 0 Å². The number of likely N-dealkylation sites (N-methyl/N-ethyl adjacent to an activating group) is 1. The largest absolute Gasteiger partial charge is 0.484 e. The smallest absolute Gasteiger partial charge is 0.422 e. The lowest BCUT2D eigenvalue weighted by Crippen LogP contribution is -2.25. The van der Waals surface area contributed by atoms with Crippen molar-refractivity contribution in [2.24, 2.45) is 0 Å². The van der Waals surface area contributed by atoms with E-state index in [-0.39, 0.29) is 18.2 Å². The SMILES string of the molecule is CNCC(=O)Nc1ccc(OCC(F)(F)F)c(C)c1. The minimum atomic E-state index is -4.37. The Bertz CT molecular complexity index is 447. The molecule has 1 rings (SSSR count). The summed E-state index contributed by atoms with van der Waals surface area (Å²) in [6.45, 7) is 0.435. The van der Waals surface area contributed by atoms with Gasteiger partial charge < -0.3 is 15.4 Å². The molecule has 0 aliphatic carbocycles. The summed E-state index contributed by atoms with van der Waals surface area (Å²) in [5, 5.41) is 5.29. The van der Waals surface area contributed by atoms with Crippen molar-refractivity contribution in [1.82, 2.24) is 5.32 Å². The van der Waals surface area contributed by atoms with E-state index in [1.54, 1.807) is 20.0 Å². The molecule has 7 heteroatoms. The van der Waals surface area contributed by atoms with Gasteiger partial charge in [-0.15, -0.1) is 0 Å². The zero-order valence-electron chi connectivity index (χ0n) is 10.6. The molecule has 0 radical (unpaired) electrons. The van der Waals surface area contributed by atoms with E-state index in [4.69, 9.17) is 0 Å². The topological polar surface area (TPSA) is 50.4 Å². The van der Waals surface area contributed by atoms with Crippen molar-refractivity contribution >= 4 is 11.6 Å². The fourth-order valence-electron chi connectivity index (χ4n) is 1.41. The first-order chi connectivity index (χ1) is 8.81. The Kier molecular flexibility index (Phi) is 5.17. The lowest BCUT2D eigenvalue weighted by molar-refractivity contribution is -0.153. The van der Waals surface area contributed by atoms with Crippen molar-refractivity contribution in [3.63, 3.8) is 0 Å². The zero-order chi connectivity index (χ0) is 14.5. The Morgan fingerprint density at radius 3 is 2.58 bits per heavy atom. The molecule has 0 aliphatic heterocycles. The quantitative estimate of drug-likeness (QED) is 0.866.